The number of hydrogen-bond acceptors (Lipinski definition) is 7. The molecule has 3 aliphatic rings. The van der Waals surface area contributed by atoms with Gasteiger partial charge in [0.2, 0.25) is 0 Å². The third kappa shape index (κ3) is 6.64. The van der Waals surface area contributed by atoms with Gasteiger partial charge in [0.05, 0.1) is 0 Å². The van der Waals surface area contributed by atoms with Gasteiger partial charge in [-0.05, 0) is 0 Å². The fourth-order valence-corrected chi connectivity index (χ4v) is 23.4. The molecule has 41 heavy (non-hydrogen) atoms. The molecule has 0 saturated carbocycles. The Morgan fingerprint density at radius 2 is 1.63 bits per heavy atom. The second-order valence-electron chi connectivity index (χ2n) is 13.1. The van der Waals surface area contributed by atoms with Crippen molar-refractivity contribution >= 4 is 38.8 Å². The molecule has 0 amide bonds. The van der Waals surface area contributed by atoms with Gasteiger partial charge in [-0.1, -0.05) is 0 Å². The second kappa shape index (κ2) is 14.0. The van der Waals surface area contributed by atoms with Crippen LogP contribution in [0.4, 0.5) is 10.2 Å². The van der Waals surface area contributed by atoms with Crippen molar-refractivity contribution in [2.24, 2.45) is 0 Å². The molecule has 3 fully saturated rings. The fraction of sp³-hybridized carbons (Fsp3) is 0.781. The number of anilines is 1. The molecule has 7 nitrogen and oxygen atoms in total. The molecule has 0 aliphatic carbocycles. The standard InChI is InChI=1S/C20H25FN5O2.3C4H9.Sn/c21-16-11-22-10-15-17(16)23-19(24-18(15)25-7-1-4-14(27)12-25)28-13-20-5-2-8-26(20)9-3-6-20;3*1-3-4-2;/h10,14,27H,1-9,12-13H2;3*1,3-4H2,2H3;. The number of pyridine rings is 1. The van der Waals surface area contributed by atoms with Gasteiger partial charge in [-0.15, -0.1) is 0 Å². The van der Waals surface area contributed by atoms with Gasteiger partial charge in [0, 0.05) is 0 Å². The molecule has 0 bridgehead atoms. The van der Waals surface area contributed by atoms with E-state index in [0.29, 0.717) is 29.9 Å². The SMILES string of the molecule is CCC[CH2][Sn]([CH2]CCC)([CH2]CCC)[c]1ncc2c(N3CCCC(O)C3)nc(OCC34CCCN3CCC4)nc2c1F. The molecule has 1 atom stereocenters. The van der Waals surface area contributed by atoms with Gasteiger partial charge in [0.1, 0.15) is 0 Å². The monoisotopic (exact) mass is 677 g/mol. The van der Waals surface area contributed by atoms with E-state index in [-0.39, 0.29) is 17.4 Å². The van der Waals surface area contributed by atoms with E-state index in [9.17, 15) is 5.11 Å². The zero-order valence-electron chi connectivity index (χ0n) is 25.8. The first-order valence-electron chi connectivity index (χ1n) is 16.6. The molecule has 1 N–H and O–H groups in total. The molecule has 2 aromatic heterocycles. The number of piperidine rings is 1. The number of aliphatic hydroxyl groups is 1. The third-order valence-electron chi connectivity index (χ3n) is 10.1. The van der Waals surface area contributed by atoms with Gasteiger partial charge in [-0.2, -0.15) is 0 Å². The Balaban J connectivity index is 1.58. The molecule has 5 rings (SSSR count). The van der Waals surface area contributed by atoms with E-state index in [4.69, 9.17) is 19.7 Å². The van der Waals surface area contributed by atoms with Crippen molar-refractivity contribution < 1.29 is 14.2 Å². The number of β-amino-alcohol motifs (C(OH)–C–C–N with tert-alkyl or cyclic N) is 1. The average molecular weight is 677 g/mol. The van der Waals surface area contributed by atoms with Crippen LogP contribution < -0.4 is 13.3 Å². The quantitative estimate of drug-likeness (QED) is 0.240. The number of hydrogen-bond donors (Lipinski definition) is 1. The Hall–Kier alpha value is -1.26. The van der Waals surface area contributed by atoms with E-state index in [2.05, 4.69) is 30.6 Å². The van der Waals surface area contributed by atoms with Crippen LogP contribution in [-0.2, 0) is 0 Å². The van der Waals surface area contributed by atoms with Gasteiger partial charge in [-0.25, -0.2) is 0 Å². The zero-order chi connectivity index (χ0) is 28.9. The predicted molar refractivity (Wildman–Crippen MR) is 168 cm³/mol. The van der Waals surface area contributed by atoms with Crippen molar-refractivity contribution in [3.63, 3.8) is 0 Å². The third-order valence-corrected chi connectivity index (χ3v) is 25.2. The van der Waals surface area contributed by atoms with Gasteiger partial charge in [-0.3, -0.25) is 0 Å². The van der Waals surface area contributed by atoms with Crippen LogP contribution in [0.1, 0.15) is 97.8 Å². The maximum atomic E-state index is 17.0. The number of fused-ring (bicyclic) bond motifs is 2. The average Bonchev–Trinajstić information content (AvgIpc) is 3.57. The molecule has 5 heterocycles. The Morgan fingerprint density at radius 3 is 2.24 bits per heavy atom. The Morgan fingerprint density at radius 1 is 0.976 bits per heavy atom. The summed E-state index contributed by atoms with van der Waals surface area (Å²) in [5.41, 5.74) is 0.432. The summed E-state index contributed by atoms with van der Waals surface area (Å²) in [5.74, 6) is 0.444. The molecule has 9 heteroatoms. The molecule has 228 valence electrons. The number of halogens is 1. The van der Waals surface area contributed by atoms with Crippen LogP contribution in [0.15, 0.2) is 6.20 Å². The van der Waals surface area contributed by atoms with Crippen LogP contribution in [0, 0.1) is 5.82 Å². The topological polar surface area (TPSA) is 74.6 Å². The number of ether oxygens (including phenoxy) is 1. The molecule has 2 aromatic rings. The predicted octanol–water partition coefficient (Wildman–Crippen LogP) is 6.19. The number of aliphatic hydroxyl groups excluding tert-OH is 1. The summed E-state index contributed by atoms with van der Waals surface area (Å²) in [6.07, 6.45) is 14.6. The van der Waals surface area contributed by atoms with Gasteiger partial charge >= 0.3 is 251 Å². The number of aromatic nitrogens is 3. The molecule has 3 aliphatic heterocycles. The van der Waals surface area contributed by atoms with Crippen molar-refractivity contribution in [1.82, 2.24) is 19.9 Å². The van der Waals surface area contributed by atoms with Crippen molar-refractivity contribution in [3.05, 3.63) is 12.0 Å². The molecule has 0 spiro atoms. The summed E-state index contributed by atoms with van der Waals surface area (Å²) < 4.78 is 27.6. The molecule has 1 unspecified atom stereocenters. The molecular weight excluding hydrogens is 624 g/mol. The summed E-state index contributed by atoms with van der Waals surface area (Å²) in [7, 11) is 0. The summed E-state index contributed by atoms with van der Waals surface area (Å²) >= 11 is -3.16. The normalized spacial score (nSPS) is 21.1. The van der Waals surface area contributed by atoms with Crippen molar-refractivity contribution in [1.29, 1.82) is 0 Å². The summed E-state index contributed by atoms with van der Waals surface area (Å²) in [5, 5.41) is 11.1. The number of unbranched alkanes of at least 4 members (excludes halogenated alkanes) is 3. The minimum absolute atomic E-state index is 0.0633. The number of nitrogens with zero attached hydrogens (tertiary/aromatic N) is 5. The Bertz CT molecular complexity index is 1130. The van der Waals surface area contributed by atoms with Crippen molar-refractivity contribution in [2.45, 2.75) is 123 Å². The summed E-state index contributed by atoms with van der Waals surface area (Å²) in [6.45, 7) is 10.8. The van der Waals surface area contributed by atoms with E-state index in [1.54, 1.807) is 0 Å². The van der Waals surface area contributed by atoms with E-state index >= 15 is 4.39 Å². The Labute approximate surface area is 250 Å². The second-order valence-corrected chi connectivity index (χ2v) is 26.0. The molecule has 3 saturated heterocycles. The first-order valence-corrected chi connectivity index (χ1v) is 24.1. The first kappa shape index (κ1) is 31.2. The van der Waals surface area contributed by atoms with E-state index in [0.717, 1.165) is 101 Å². The summed E-state index contributed by atoms with van der Waals surface area (Å²) in [4.78, 5) is 19.3. The van der Waals surface area contributed by atoms with E-state index < -0.39 is 24.5 Å². The van der Waals surface area contributed by atoms with Crippen LogP contribution in [0.5, 0.6) is 6.01 Å². The van der Waals surface area contributed by atoms with Crippen LogP contribution in [0.25, 0.3) is 10.9 Å². The molecular formula is C32H52FN5O2Sn. The van der Waals surface area contributed by atoms with Gasteiger partial charge in [0.25, 0.3) is 0 Å². The van der Waals surface area contributed by atoms with Crippen LogP contribution in [0.2, 0.25) is 13.3 Å². The van der Waals surface area contributed by atoms with Gasteiger partial charge < -0.3 is 0 Å². The number of rotatable bonds is 14. The first-order chi connectivity index (χ1) is 19.9. The van der Waals surface area contributed by atoms with Crippen molar-refractivity contribution in [3.8, 4) is 6.01 Å². The van der Waals surface area contributed by atoms with Crippen molar-refractivity contribution in [2.75, 3.05) is 37.7 Å². The van der Waals surface area contributed by atoms with Crippen LogP contribution in [-0.4, -0.2) is 87.8 Å². The summed E-state index contributed by atoms with van der Waals surface area (Å²) in [6, 6.07) is 0.271. The van der Waals surface area contributed by atoms with E-state index in [1.807, 2.05) is 6.20 Å². The minimum atomic E-state index is -3.16. The van der Waals surface area contributed by atoms with E-state index in [1.165, 1.54) is 12.8 Å². The molecule has 0 radical (unpaired) electrons. The fourth-order valence-electron chi connectivity index (χ4n) is 7.78. The maximum absolute atomic E-state index is 17.0. The Kier molecular flexibility index (Phi) is 10.7. The van der Waals surface area contributed by atoms with Gasteiger partial charge in [0.15, 0.2) is 0 Å². The van der Waals surface area contributed by atoms with Crippen LogP contribution >= 0.6 is 0 Å². The van der Waals surface area contributed by atoms with Crippen LogP contribution in [0.3, 0.4) is 0 Å². The zero-order valence-corrected chi connectivity index (χ0v) is 28.6. The molecule has 0 aromatic carbocycles.